The maximum Gasteiger partial charge on any atom is 0.449 e. The molecule has 0 radical (unpaired) electrons. The molecule has 0 saturated heterocycles. The minimum atomic E-state index is -1.40. The van der Waals surface area contributed by atoms with Crippen LogP contribution in [0, 0.1) is 0 Å². The molecule has 19 heavy (non-hydrogen) atoms. The Morgan fingerprint density at radius 3 is 2.63 bits per heavy atom. The minimum absolute atomic E-state index is 0.0481. The molecule has 1 atom stereocenters. The highest BCUT2D eigenvalue weighted by Gasteiger charge is 2.33. The van der Waals surface area contributed by atoms with Crippen molar-refractivity contribution < 1.29 is 19.4 Å². The number of carbonyl (C=O) groups excluding carboxylic acids is 1. The molecule has 2 rings (SSSR count). The lowest BCUT2D eigenvalue weighted by atomic mass is 10.1. The summed E-state index contributed by atoms with van der Waals surface area (Å²) in [6.45, 7) is 0.0481. The van der Waals surface area contributed by atoms with E-state index in [4.69, 9.17) is 5.11 Å². The van der Waals surface area contributed by atoms with Crippen LogP contribution in [0.5, 0.6) is 0 Å². The first-order valence-corrected chi connectivity index (χ1v) is 5.47. The zero-order valence-corrected chi connectivity index (χ0v) is 10.1. The Morgan fingerprint density at radius 1 is 1.37 bits per heavy atom. The first-order chi connectivity index (χ1) is 9.13. The molecule has 8 nitrogen and oxygen atoms in total. The SMILES string of the molecule is COC(=O)N1CC(c2ccccc2)N=NN1C(=O)O. The second kappa shape index (κ2) is 5.34. The number of carbonyl (C=O) groups is 2. The molecule has 0 spiro atoms. The summed E-state index contributed by atoms with van der Waals surface area (Å²) >= 11 is 0. The zero-order chi connectivity index (χ0) is 13.8. The van der Waals surface area contributed by atoms with Crippen LogP contribution in [0.4, 0.5) is 9.59 Å². The highest BCUT2D eigenvalue weighted by Crippen LogP contribution is 2.24. The molecule has 0 saturated carbocycles. The molecule has 100 valence electrons. The molecule has 1 unspecified atom stereocenters. The minimum Gasteiger partial charge on any atom is -0.462 e. The average molecular weight is 264 g/mol. The van der Waals surface area contributed by atoms with Gasteiger partial charge in [-0.1, -0.05) is 35.4 Å². The Bertz CT molecular complexity index is 505. The summed E-state index contributed by atoms with van der Waals surface area (Å²) in [6, 6.07) is 8.75. The number of carboxylic acid groups (broad SMARTS) is 1. The van der Waals surface area contributed by atoms with Crippen LogP contribution in [0.15, 0.2) is 40.7 Å². The Morgan fingerprint density at radius 2 is 2.05 bits per heavy atom. The van der Waals surface area contributed by atoms with E-state index in [0.29, 0.717) is 5.12 Å². The monoisotopic (exact) mass is 264 g/mol. The van der Waals surface area contributed by atoms with Gasteiger partial charge in [-0.15, -0.1) is 0 Å². The number of hydrogen-bond donors (Lipinski definition) is 1. The van der Waals surface area contributed by atoms with E-state index in [1.807, 2.05) is 30.3 Å². The van der Waals surface area contributed by atoms with Crippen molar-refractivity contribution in [3.8, 4) is 0 Å². The number of ether oxygens (including phenoxy) is 1. The lowest BCUT2D eigenvalue weighted by molar-refractivity contribution is -0.0280. The molecule has 8 heteroatoms. The van der Waals surface area contributed by atoms with Gasteiger partial charge >= 0.3 is 12.2 Å². The first kappa shape index (κ1) is 12.8. The van der Waals surface area contributed by atoms with Crippen LogP contribution in [-0.2, 0) is 4.74 Å². The van der Waals surface area contributed by atoms with Gasteiger partial charge in [0.15, 0.2) is 0 Å². The van der Waals surface area contributed by atoms with E-state index < -0.39 is 18.2 Å². The van der Waals surface area contributed by atoms with Gasteiger partial charge in [-0.25, -0.2) is 9.59 Å². The Kier molecular flexibility index (Phi) is 3.60. The van der Waals surface area contributed by atoms with Crippen molar-refractivity contribution in [2.75, 3.05) is 13.7 Å². The average Bonchev–Trinajstić information content (AvgIpc) is 2.46. The maximum atomic E-state index is 11.6. The van der Waals surface area contributed by atoms with Gasteiger partial charge in [0.05, 0.1) is 13.7 Å². The molecule has 0 aromatic heterocycles. The molecular formula is C11H12N4O4. The van der Waals surface area contributed by atoms with Crippen LogP contribution in [0.2, 0.25) is 0 Å². The fourth-order valence-corrected chi connectivity index (χ4v) is 1.68. The van der Waals surface area contributed by atoms with E-state index in [1.165, 1.54) is 7.11 Å². The maximum absolute atomic E-state index is 11.6. The third-order valence-corrected chi connectivity index (χ3v) is 2.59. The molecular weight excluding hydrogens is 252 g/mol. The quantitative estimate of drug-likeness (QED) is 0.839. The normalized spacial score (nSPS) is 18.3. The Hall–Kier alpha value is -2.64. The van der Waals surface area contributed by atoms with Crippen LogP contribution in [0.1, 0.15) is 11.6 Å². The van der Waals surface area contributed by atoms with Gasteiger partial charge < -0.3 is 9.84 Å². The van der Waals surface area contributed by atoms with Crippen molar-refractivity contribution in [3.05, 3.63) is 35.9 Å². The van der Waals surface area contributed by atoms with Crippen molar-refractivity contribution >= 4 is 12.2 Å². The second-order valence-corrected chi connectivity index (χ2v) is 3.76. The standard InChI is InChI=1S/C11H12N4O4/c1-19-11(18)14-7-9(8-5-3-2-4-6-8)12-13-15(14)10(16)17/h2-6,9H,7H2,1H3,(H,16,17). The fourth-order valence-electron chi connectivity index (χ4n) is 1.68. The zero-order valence-electron chi connectivity index (χ0n) is 10.1. The van der Waals surface area contributed by atoms with E-state index in [2.05, 4.69) is 15.1 Å². The number of nitrogens with zero attached hydrogens (tertiary/aromatic N) is 4. The number of hydrazine groups is 1. The number of benzene rings is 1. The number of amides is 2. The molecule has 1 aliphatic heterocycles. The van der Waals surface area contributed by atoms with E-state index in [9.17, 15) is 9.59 Å². The molecule has 1 aromatic carbocycles. The van der Waals surface area contributed by atoms with E-state index in [0.717, 1.165) is 10.6 Å². The molecule has 1 aromatic rings. The van der Waals surface area contributed by atoms with Crippen molar-refractivity contribution in [2.24, 2.45) is 10.3 Å². The Labute approximate surface area is 108 Å². The highest BCUT2D eigenvalue weighted by atomic mass is 16.6. The van der Waals surface area contributed by atoms with Crippen LogP contribution >= 0.6 is 0 Å². The van der Waals surface area contributed by atoms with Gasteiger partial charge in [0, 0.05) is 0 Å². The van der Waals surface area contributed by atoms with E-state index >= 15 is 0 Å². The van der Waals surface area contributed by atoms with Gasteiger partial charge in [-0.3, -0.25) is 0 Å². The van der Waals surface area contributed by atoms with Crippen molar-refractivity contribution in [3.63, 3.8) is 0 Å². The molecule has 0 fully saturated rings. The number of methoxy groups -OCH3 is 1. The Balaban J connectivity index is 2.26. The topological polar surface area (TPSA) is 94.8 Å². The summed E-state index contributed by atoms with van der Waals surface area (Å²) in [4.78, 5) is 22.5. The van der Waals surface area contributed by atoms with Gasteiger partial charge in [0.2, 0.25) is 0 Å². The lowest BCUT2D eigenvalue weighted by Crippen LogP contribution is -2.49. The lowest BCUT2D eigenvalue weighted by Gasteiger charge is -2.31. The van der Waals surface area contributed by atoms with Gasteiger partial charge in [0.1, 0.15) is 6.04 Å². The second-order valence-electron chi connectivity index (χ2n) is 3.76. The molecule has 2 amide bonds. The van der Waals surface area contributed by atoms with Gasteiger partial charge in [-0.05, 0) is 10.8 Å². The first-order valence-electron chi connectivity index (χ1n) is 5.47. The number of hydrogen-bond acceptors (Lipinski definition) is 5. The highest BCUT2D eigenvalue weighted by molar-refractivity contribution is 5.72. The van der Waals surface area contributed by atoms with Crippen molar-refractivity contribution in [1.29, 1.82) is 0 Å². The van der Waals surface area contributed by atoms with Gasteiger partial charge in [0.25, 0.3) is 0 Å². The molecule has 0 bridgehead atoms. The largest absolute Gasteiger partial charge is 0.462 e. The number of rotatable bonds is 1. The summed E-state index contributed by atoms with van der Waals surface area (Å²) in [6.07, 6.45) is -2.21. The predicted molar refractivity (Wildman–Crippen MR) is 63.0 cm³/mol. The summed E-state index contributed by atoms with van der Waals surface area (Å²) in [5.41, 5.74) is 0.838. The van der Waals surface area contributed by atoms with E-state index in [-0.39, 0.29) is 6.54 Å². The van der Waals surface area contributed by atoms with Crippen LogP contribution in [0.25, 0.3) is 0 Å². The predicted octanol–water partition coefficient (Wildman–Crippen LogP) is 2.07. The molecule has 0 aliphatic carbocycles. The van der Waals surface area contributed by atoms with Gasteiger partial charge in [-0.2, -0.15) is 10.1 Å². The van der Waals surface area contributed by atoms with Crippen molar-refractivity contribution in [1.82, 2.24) is 10.1 Å². The third kappa shape index (κ3) is 2.62. The molecule has 1 heterocycles. The molecule has 1 aliphatic rings. The summed E-state index contributed by atoms with van der Waals surface area (Å²) in [5.74, 6) is 0. The van der Waals surface area contributed by atoms with Crippen molar-refractivity contribution in [2.45, 2.75) is 6.04 Å². The molecule has 1 N–H and O–H groups in total. The van der Waals surface area contributed by atoms with E-state index in [1.54, 1.807) is 0 Å². The summed E-state index contributed by atoms with van der Waals surface area (Å²) in [5, 5.41) is 17.7. The van der Waals surface area contributed by atoms with Crippen LogP contribution in [-0.4, -0.2) is 41.1 Å². The van der Waals surface area contributed by atoms with Crippen LogP contribution in [0.3, 0.4) is 0 Å². The summed E-state index contributed by atoms with van der Waals surface area (Å²) < 4.78 is 4.53. The third-order valence-electron chi connectivity index (χ3n) is 2.59. The van der Waals surface area contributed by atoms with Crippen LogP contribution < -0.4 is 0 Å². The fraction of sp³-hybridized carbons (Fsp3) is 0.273. The smallest absolute Gasteiger partial charge is 0.449 e. The summed E-state index contributed by atoms with van der Waals surface area (Å²) in [7, 11) is 1.17.